The largest absolute Gasteiger partial charge is 0.346 e. The maximum Gasteiger partial charge on any atom is 0.137 e. The average Bonchev–Trinajstić information content (AvgIpc) is 2.67. The van der Waals surface area contributed by atoms with E-state index in [0.717, 1.165) is 17.4 Å². The summed E-state index contributed by atoms with van der Waals surface area (Å²) in [4.78, 5) is 7.33. The molecule has 0 aliphatic rings. The number of hydrogen-bond acceptors (Lipinski definition) is 1. The van der Waals surface area contributed by atoms with Gasteiger partial charge in [0, 0.05) is 23.1 Å². The van der Waals surface area contributed by atoms with Gasteiger partial charge in [-0.3, -0.25) is 0 Å². The first kappa shape index (κ1) is 9.46. The van der Waals surface area contributed by atoms with Crippen LogP contribution in [-0.4, -0.2) is 15.3 Å². The number of aromatic nitrogens is 2. The highest BCUT2D eigenvalue weighted by Gasteiger charge is 1.98. The number of aromatic amines is 1. The molecule has 0 saturated carbocycles. The molecule has 2 heterocycles. The van der Waals surface area contributed by atoms with Crippen LogP contribution in [0.5, 0.6) is 0 Å². The summed E-state index contributed by atoms with van der Waals surface area (Å²) >= 11 is 3.40. The second kappa shape index (κ2) is 4.42. The summed E-state index contributed by atoms with van der Waals surface area (Å²) in [6.45, 7) is 0. The van der Waals surface area contributed by atoms with Crippen LogP contribution in [0, 0.1) is 0 Å². The number of pyridine rings is 1. The molecule has 0 aliphatic heterocycles. The van der Waals surface area contributed by atoms with E-state index in [0.29, 0.717) is 0 Å². The van der Waals surface area contributed by atoms with Crippen LogP contribution in [0.15, 0.2) is 30.6 Å². The number of hydrogen-bond donors (Lipinski definition) is 1. The van der Waals surface area contributed by atoms with Crippen molar-refractivity contribution < 1.29 is 0 Å². The molecule has 3 heteroatoms. The van der Waals surface area contributed by atoms with Crippen LogP contribution in [0.2, 0.25) is 0 Å². The standard InChI is InChI=1S/C11H11BrN2/c12-6-2-1-3-9-4-7-13-11-10(9)5-8-14-11/h1,3-5,7-8H,2,6H2,(H,13,14). The normalized spacial score (nSPS) is 11.5. The molecule has 0 saturated heterocycles. The molecular weight excluding hydrogens is 240 g/mol. The van der Waals surface area contributed by atoms with Gasteiger partial charge in [-0.25, -0.2) is 4.98 Å². The lowest BCUT2D eigenvalue weighted by atomic mass is 10.1. The van der Waals surface area contributed by atoms with Crippen LogP contribution in [0.1, 0.15) is 12.0 Å². The molecule has 0 bridgehead atoms. The van der Waals surface area contributed by atoms with Crippen LogP contribution in [0.3, 0.4) is 0 Å². The van der Waals surface area contributed by atoms with E-state index in [1.54, 1.807) is 0 Å². The molecular formula is C11H11BrN2. The van der Waals surface area contributed by atoms with Crippen LogP contribution in [0.4, 0.5) is 0 Å². The molecule has 0 radical (unpaired) electrons. The summed E-state index contributed by atoms with van der Waals surface area (Å²) in [7, 11) is 0. The molecule has 0 fully saturated rings. The van der Waals surface area contributed by atoms with E-state index in [2.05, 4.69) is 44.1 Å². The Balaban J connectivity index is 2.36. The van der Waals surface area contributed by atoms with Crippen molar-refractivity contribution in [3.8, 4) is 0 Å². The minimum absolute atomic E-state index is 0.950. The fourth-order valence-corrected chi connectivity index (χ4v) is 1.67. The van der Waals surface area contributed by atoms with E-state index >= 15 is 0 Å². The van der Waals surface area contributed by atoms with Crippen molar-refractivity contribution in [3.05, 3.63) is 36.2 Å². The summed E-state index contributed by atoms with van der Waals surface area (Å²) < 4.78 is 0. The molecule has 1 N–H and O–H groups in total. The summed E-state index contributed by atoms with van der Waals surface area (Å²) in [5.41, 5.74) is 2.17. The minimum atomic E-state index is 0.950. The predicted octanol–water partition coefficient (Wildman–Crippen LogP) is 3.36. The van der Waals surface area contributed by atoms with Gasteiger partial charge < -0.3 is 4.98 Å². The molecule has 14 heavy (non-hydrogen) atoms. The quantitative estimate of drug-likeness (QED) is 0.832. The smallest absolute Gasteiger partial charge is 0.137 e. The second-order valence-corrected chi connectivity index (χ2v) is 3.81. The monoisotopic (exact) mass is 250 g/mol. The van der Waals surface area contributed by atoms with Crippen molar-refractivity contribution in [2.75, 3.05) is 5.33 Å². The maximum absolute atomic E-state index is 4.23. The van der Waals surface area contributed by atoms with Gasteiger partial charge in [0.25, 0.3) is 0 Å². The number of halogens is 1. The number of nitrogens with zero attached hydrogens (tertiary/aromatic N) is 1. The zero-order chi connectivity index (χ0) is 9.80. The fraction of sp³-hybridized carbons (Fsp3) is 0.182. The SMILES string of the molecule is BrCCC=Cc1ccnc2[nH]ccc12. The summed E-state index contributed by atoms with van der Waals surface area (Å²) in [6, 6.07) is 4.08. The Morgan fingerprint density at radius 1 is 1.43 bits per heavy atom. The number of H-pyrrole nitrogens is 1. The summed E-state index contributed by atoms with van der Waals surface area (Å²) in [6.07, 6.45) is 9.09. The van der Waals surface area contributed by atoms with Crippen molar-refractivity contribution >= 4 is 33.0 Å². The zero-order valence-electron chi connectivity index (χ0n) is 7.70. The van der Waals surface area contributed by atoms with Gasteiger partial charge >= 0.3 is 0 Å². The molecule has 2 rings (SSSR count). The molecule has 72 valence electrons. The highest BCUT2D eigenvalue weighted by Crippen LogP contribution is 2.16. The van der Waals surface area contributed by atoms with Gasteiger partial charge in [0.1, 0.15) is 5.65 Å². The molecule has 0 unspecified atom stereocenters. The number of rotatable bonds is 3. The lowest BCUT2D eigenvalue weighted by Crippen LogP contribution is -1.79. The Bertz CT molecular complexity index is 445. The first-order chi connectivity index (χ1) is 6.92. The molecule has 2 aromatic rings. The van der Waals surface area contributed by atoms with E-state index in [-0.39, 0.29) is 0 Å². The minimum Gasteiger partial charge on any atom is -0.346 e. The Kier molecular flexibility index (Phi) is 2.99. The van der Waals surface area contributed by atoms with Gasteiger partial charge in [-0.05, 0) is 24.1 Å². The van der Waals surface area contributed by atoms with E-state index in [4.69, 9.17) is 0 Å². The van der Waals surface area contributed by atoms with Crippen LogP contribution in [-0.2, 0) is 0 Å². The first-order valence-corrected chi connectivity index (χ1v) is 5.68. The molecule has 0 spiro atoms. The third-order valence-electron chi connectivity index (χ3n) is 2.07. The Labute approximate surface area is 91.2 Å². The topological polar surface area (TPSA) is 28.7 Å². The number of nitrogens with one attached hydrogen (secondary N) is 1. The summed E-state index contributed by atoms with van der Waals surface area (Å²) in [5, 5.41) is 2.18. The third-order valence-corrected chi connectivity index (χ3v) is 2.52. The lowest BCUT2D eigenvalue weighted by Gasteiger charge is -1.95. The molecule has 2 aromatic heterocycles. The van der Waals surface area contributed by atoms with Gasteiger partial charge in [0.05, 0.1) is 0 Å². The molecule has 0 atom stereocenters. The van der Waals surface area contributed by atoms with Gasteiger partial charge in [0.15, 0.2) is 0 Å². The van der Waals surface area contributed by atoms with Gasteiger partial charge in [0.2, 0.25) is 0 Å². The third kappa shape index (κ3) is 1.87. The second-order valence-electron chi connectivity index (χ2n) is 3.02. The van der Waals surface area contributed by atoms with Crippen molar-refractivity contribution in [3.63, 3.8) is 0 Å². The summed E-state index contributed by atoms with van der Waals surface area (Å²) in [5.74, 6) is 0. The van der Waals surface area contributed by atoms with Gasteiger partial charge in [-0.2, -0.15) is 0 Å². The van der Waals surface area contributed by atoms with E-state index in [1.165, 1.54) is 10.9 Å². The van der Waals surface area contributed by atoms with Gasteiger partial charge in [-0.15, -0.1) is 0 Å². The van der Waals surface area contributed by atoms with E-state index < -0.39 is 0 Å². The highest BCUT2D eigenvalue weighted by atomic mass is 79.9. The first-order valence-electron chi connectivity index (χ1n) is 4.56. The number of allylic oxidation sites excluding steroid dienone is 1. The van der Waals surface area contributed by atoms with Crippen LogP contribution >= 0.6 is 15.9 Å². The van der Waals surface area contributed by atoms with Crippen molar-refractivity contribution in [1.82, 2.24) is 9.97 Å². The fourth-order valence-electron chi connectivity index (χ4n) is 1.40. The molecule has 0 aromatic carbocycles. The molecule has 0 amide bonds. The lowest BCUT2D eigenvalue weighted by molar-refractivity contribution is 1.27. The molecule has 0 aliphatic carbocycles. The predicted molar refractivity (Wildman–Crippen MR) is 63.5 cm³/mol. The van der Waals surface area contributed by atoms with Gasteiger partial charge in [-0.1, -0.05) is 28.1 Å². The maximum atomic E-state index is 4.23. The van der Waals surface area contributed by atoms with E-state index in [9.17, 15) is 0 Å². The Morgan fingerprint density at radius 3 is 3.21 bits per heavy atom. The zero-order valence-corrected chi connectivity index (χ0v) is 9.29. The average molecular weight is 251 g/mol. The van der Waals surface area contributed by atoms with Crippen molar-refractivity contribution in [2.45, 2.75) is 6.42 Å². The van der Waals surface area contributed by atoms with Crippen molar-refractivity contribution in [1.29, 1.82) is 0 Å². The van der Waals surface area contributed by atoms with Crippen LogP contribution in [0.25, 0.3) is 17.1 Å². The number of fused-ring (bicyclic) bond motifs is 1. The highest BCUT2D eigenvalue weighted by molar-refractivity contribution is 9.09. The number of alkyl halides is 1. The van der Waals surface area contributed by atoms with Crippen molar-refractivity contribution in [2.24, 2.45) is 0 Å². The Hall–Kier alpha value is -1.09. The van der Waals surface area contributed by atoms with E-state index in [1.807, 2.05) is 18.5 Å². The van der Waals surface area contributed by atoms with Crippen LogP contribution < -0.4 is 0 Å². The molecule has 2 nitrogen and oxygen atoms in total. The Morgan fingerprint density at radius 2 is 2.36 bits per heavy atom.